The predicted molar refractivity (Wildman–Crippen MR) is 132 cm³/mol. The summed E-state index contributed by atoms with van der Waals surface area (Å²) in [7, 11) is 0. The van der Waals surface area contributed by atoms with E-state index in [9.17, 15) is 0 Å². The van der Waals surface area contributed by atoms with Crippen molar-refractivity contribution in [1.29, 1.82) is 0 Å². The standard InChI is InChI=1S/C27H22N4O/c1-15-19-14-26-21(18-7-3-5-9-25(18)32-26)13-24(19)29-27(15)31-30-16-10-11-23-20(12-16)17-6-2-4-8-22(17)28-23/h2-15,27-31H,1H3. The number of para-hydroxylation sites is 2. The van der Waals surface area contributed by atoms with Crippen molar-refractivity contribution >= 4 is 55.1 Å². The van der Waals surface area contributed by atoms with Gasteiger partial charge in [-0.25, -0.2) is 5.43 Å². The van der Waals surface area contributed by atoms with Crippen LogP contribution in [0.2, 0.25) is 0 Å². The third kappa shape index (κ3) is 2.55. The first-order valence-electron chi connectivity index (χ1n) is 11.0. The third-order valence-electron chi connectivity index (χ3n) is 6.73. The lowest BCUT2D eigenvalue weighted by Gasteiger charge is -2.20. The number of aromatic nitrogens is 1. The zero-order chi connectivity index (χ0) is 21.2. The zero-order valence-electron chi connectivity index (χ0n) is 17.6. The third-order valence-corrected chi connectivity index (χ3v) is 6.73. The molecule has 4 N–H and O–H groups in total. The number of aromatic amines is 1. The van der Waals surface area contributed by atoms with Crippen LogP contribution >= 0.6 is 0 Å². The second kappa shape index (κ2) is 6.52. The number of benzene rings is 4. The first-order valence-corrected chi connectivity index (χ1v) is 11.0. The van der Waals surface area contributed by atoms with Gasteiger partial charge in [0.1, 0.15) is 17.3 Å². The maximum atomic E-state index is 6.09. The van der Waals surface area contributed by atoms with Crippen LogP contribution in [0.3, 0.4) is 0 Å². The quantitative estimate of drug-likeness (QED) is 0.242. The summed E-state index contributed by atoms with van der Waals surface area (Å²) in [6.07, 6.45) is 0.0708. The van der Waals surface area contributed by atoms with Crippen LogP contribution in [-0.2, 0) is 0 Å². The van der Waals surface area contributed by atoms with Crippen molar-refractivity contribution in [3.05, 3.63) is 84.4 Å². The van der Waals surface area contributed by atoms with E-state index in [2.05, 4.69) is 94.8 Å². The Morgan fingerprint density at radius 2 is 1.56 bits per heavy atom. The molecule has 5 nitrogen and oxygen atoms in total. The number of nitrogens with one attached hydrogen (secondary N) is 4. The molecule has 7 rings (SSSR count). The molecule has 0 aliphatic carbocycles. The number of hydrogen-bond donors (Lipinski definition) is 4. The largest absolute Gasteiger partial charge is 0.456 e. The molecular weight excluding hydrogens is 396 g/mol. The molecule has 2 atom stereocenters. The first-order chi connectivity index (χ1) is 15.7. The van der Waals surface area contributed by atoms with Gasteiger partial charge in [-0.05, 0) is 48.0 Å². The van der Waals surface area contributed by atoms with Crippen LogP contribution in [0.25, 0.3) is 43.7 Å². The molecule has 32 heavy (non-hydrogen) atoms. The molecule has 6 aromatic rings. The Bertz CT molecular complexity index is 1640. The Balaban J connectivity index is 1.17. The summed E-state index contributed by atoms with van der Waals surface area (Å²) in [6, 6.07) is 27.4. The number of rotatable bonds is 3. The maximum absolute atomic E-state index is 6.09. The molecule has 0 spiro atoms. The van der Waals surface area contributed by atoms with Crippen LogP contribution in [0.5, 0.6) is 0 Å². The molecule has 0 saturated carbocycles. The Morgan fingerprint density at radius 3 is 2.50 bits per heavy atom. The summed E-state index contributed by atoms with van der Waals surface area (Å²) in [5.41, 5.74) is 14.5. The highest BCUT2D eigenvalue weighted by molar-refractivity contribution is 6.08. The van der Waals surface area contributed by atoms with E-state index in [-0.39, 0.29) is 12.1 Å². The molecule has 0 bridgehead atoms. The molecule has 3 heterocycles. The molecule has 0 saturated heterocycles. The topological polar surface area (TPSA) is 65.0 Å². The SMILES string of the molecule is CC1c2cc3oc4ccccc4c3cc2NC1NNc1ccc2[nH]c3ccccc3c2c1. The molecule has 0 amide bonds. The molecule has 2 aromatic heterocycles. The van der Waals surface area contributed by atoms with Gasteiger partial charge in [-0.15, -0.1) is 0 Å². The molecule has 2 unspecified atom stereocenters. The van der Waals surface area contributed by atoms with E-state index < -0.39 is 0 Å². The molecule has 0 radical (unpaired) electrons. The van der Waals surface area contributed by atoms with Crippen LogP contribution in [0.1, 0.15) is 18.4 Å². The fourth-order valence-electron chi connectivity index (χ4n) is 5.01. The van der Waals surface area contributed by atoms with Crippen LogP contribution in [-0.4, -0.2) is 11.1 Å². The smallest absolute Gasteiger partial charge is 0.135 e. The molecular formula is C27H22N4O. The Labute approximate surface area is 184 Å². The minimum absolute atomic E-state index is 0.0708. The molecule has 1 aliphatic heterocycles. The van der Waals surface area contributed by atoms with Gasteiger partial charge >= 0.3 is 0 Å². The average Bonchev–Trinajstić information content (AvgIpc) is 3.47. The Hall–Kier alpha value is -3.96. The highest BCUT2D eigenvalue weighted by atomic mass is 16.3. The highest BCUT2D eigenvalue weighted by Crippen LogP contribution is 2.40. The second-order valence-corrected chi connectivity index (χ2v) is 8.64. The molecule has 5 heteroatoms. The lowest BCUT2D eigenvalue weighted by Crippen LogP contribution is -2.40. The lowest BCUT2D eigenvalue weighted by atomic mass is 10.00. The lowest BCUT2D eigenvalue weighted by molar-refractivity contribution is 0.559. The summed E-state index contributed by atoms with van der Waals surface area (Å²) >= 11 is 0. The van der Waals surface area contributed by atoms with Crippen molar-refractivity contribution in [1.82, 2.24) is 10.4 Å². The van der Waals surface area contributed by atoms with E-state index in [0.717, 1.165) is 44.3 Å². The number of hydrogen-bond acceptors (Lipinski definition) is 4. The summed E-state index contributed by atoms with van der Waals surface area (Å²) in [5, 5.41) is 8.40. The zero-order valence-corrected chi connectivity index (χ0v) is 17.6. The van der Waals surface area contributed by atoms with Crippen molar-refractivity contribution < 1.29 is 4.42 Å². The van der Waals surface area contributed by atoms with E-state index >= 15 is 0 Å². The number of fused-ring (bicyclic) bond motifs is 7. The van der Waals surface area contributed by atoms with Crippen LogP contribution < -0.4 is 16.2 Å². The van der Waals surface area contributed by atoms with Crippen LogP contribution in [0, 0.1) is 0 Å². The summed E-state index contributed by atoms with van der Waals surface area (Å²) in [4.78, 5) is 3.48. The first kappa shape index (κ1) is 17.7. The number of furan rings is 1. The molecule has 156 valence electrons. The van der Waals surface area contributed by atoms with Gasteiger partial charge < -0.3 is 20.1 Å². The van der Waals surface area contributed by atoms with Crippen molar-refractivity contribution in [2.24, 2.45) is 0 Å². The number of anilines is 2. The van der Waals surface area contributed by atoms with E-state index in [1.807, 2.05) is 12.1 Å². The Kier molecular flexibility index (Phi) is 3.60. The van der Waals surface area contributed by atoms with Gasteiger partial charge in [0.15, 0.2) is 0 Å². The molecule has 0 fully saturated rings. The fraction of sp³-hybridized carbons (Fsp3) is 0.111. The van der Waals surface area contributed by atoms with Gasteiger partial charge in [-0.2, -0.15) is 0 Å². The van der Waals surface area contributed by atoms with Gasteiger partial charge in [-0.3, -0.25) is 0 Å². The van der Waals surface area contributed by atoms with Gasteiger partial charge in [0.25, 0.3) is 0 Å². The maximum Gasteiger partial charge on any atom is 0.135 e. The minimum atomic E-state index is 0.0708. The highest BCUT2D eigenvalue weighted by Gasteiger charge is 2.29. The minimum Gasteiger partial charge on any atom is -0.456 e. The van der Waals surface area contributed by atoms with Crippen molar-refractivity contribution in [2.75, 3.05) is 10.7 Å². The predicted octanol–water partition coefficient (Wildman–Crippen LogP) is 6.69. The average molecular weight is 419 g/mol. The van der Waals surface area contributed by atoms with Gasteiger partial charge in [0.2, 0.25) is 0 Å². The Morgan fingerprint density at radius 1 is 0.750 bits per heavy atom. The molecule has 1 aliphatic rings. The van der Waals surface area contributed by atoms with Crippen LogP contribution in [0.4, 0.5) is 11.4 Å². The van der Waals surface area contributed by atoms with E-state index in [1.54, 1.807) is 0 Å². The monoisotopic (exact) mass is 418 g/mol. The van der Waals surface area contributed by atoms with Gasteiger partial charge in [-0.1, -0.05) is 43.3 Å². The van der Waals surface area contributed by atoms with Crippen molar-refractivity contribution in [3.8, 4) is 0 Å². The summed E-state index contributed by atoms with van der Waals surface area (Å²) in [6.45, 7) is 2.23. The van der Waals surface area contributed by atoms with Gasteiger partial charge in [0, 0.05) is 49.9 Å². The van der Waals surface area contributed by atoms with E-state index in [1.165, 1.54) is 16.3 Å². The van der Waals surface area contributed by atoms with Gasteiger partial charge in [0.05, 0.1) is 0 Å². The second-order valence-electron chi connectivity index (χ2n) is 8.64. The van der Waals surface area contributed by atoms with Crippen LogP contribution in [0.15, 0.2) is 83.3 Å². The van der Waals surface area contributed by atoms with E-state index in [0.29, 0.717) is 0 Å². The van der Waals surface area contributed by atoms with E-state index in [4.69, 9.17) is 4.42 Å². The number of H-pyrrole nitrogens is 1. The fourth-order valence-corrected chi connectivity index (χ4v) is 5.01. The summed E-state index contributed by atoms with van der Waals surface area (Å²) in [5.74, 6) is 0.284. The van der Waals surface area contributed by atoms with Crippen molar-refractivity contribution in [2.45, 2.75) is 19.0 Å². The number of hydrazine groups is 1. The molecule has 4 aromatic carbocycles. The normalized spacial score (nSPS) is 17.9. The summed E-state index contributed by atoms with van der Waals surface area (Å²) < 4.78 is 6.09. The van der Waals surface area contributed by atoms with Crippen molar-refractivity contribution in [3.63, 3.8) is 0 Å².